The van der Waals surface area contributed by atoms with Crippen LogP contribution < -0.4 is 10.6 Å². The molecule has 0 aliphatic rings. The summed E-state index contributed by atoms with van der Waals surface area (Å²) in [6, 6.07) is 7.44. The molecule has 2 aromatic carbocycles. The van der Waals surface area contributed by atoms with Gasteiger partial charge in [0.1, 0.15) is 11.6 Å². The second-order valence-corrected chi connectivity index (χ2v) is 5.60. The van der Waals surface area contributed by atoms with Crippen molar-refractivity contribution in [1.82, 2.24) is 10.6 Å². The van der Waals surface area contributed by atoms with Crippen LogP contribution in [0.2, 0.25) is 0 Å². The Balaban J connectivity index is 1.82. The molecule has 2 amide bonds. The number of alkyl halides is 3. The molecule has 144 valence electrons. The first-order valence-corrected chi connectivity index (χ1v) is 7.83. The first-order chi connectivity index (χ1) is 12.7. The highest BCUT2D eigenvalue weighted by Gasteiger charge is 2.34. The first-order valence-electron chi connectivity index (χ1n) is 7.83. The largest absolute Gasteiger partial charge is 0.419 e. The molecule has 0 aromatic heterocycles. The summed E-state index contributed by atoms with van der Waals surface area (Å²) in [6.45, 7) is -0.0281. The summed E-state index contributed by atoms with van der Waals surface area (Å²) in [5.74, 6) is -3.18. The van der Waals surface area contributed by atoms with Gasteiger partial charge in [0.2, 0.25) is 5.91 Å². The summed E-state index contributed by atoms with van der Waals surface area (Å²) < 4.78 is 64.2. The average molecular weight is 386 g/mol. The monoisotopic (exact) mass is 386 g/mol. The van der Waals surface area contributed by atoms with E-state index in [0.717, 1.165) is 6.07 Å². The van der Waals surface area contributed by atoms with Gasteiger partial charge in [-0.25, -0.2) is 8.78 Å². The second-order valence-electron chi connectivity index (χ2n) is 5.60. The third-order valence-corrected chi connectivity index (χ3v) is 3.52. The molecular weight excluding hydrogens is 371 g/mol. The van der Waals surface area contributed by atoms with Crippen LogP contribution in [0.5, 0.6) is 0 Å². The molecule has 0 radical (unpaired) electrons. The average Bonchev–Trinajstić information content (AvgIpc) is 2.58. The van der Waals surface area contributed by atoms with Gasteiger partial charge in [-0.15, -0.1) is 0 Å². The number of halogens is 5. The number of rotatable bonds is 6. The van der Waals surface area contributed by atoms with Crippen molar-refractivity contribution >= 4 is 11.8 Å². The van der Waals surface area contributed by atoms with Crippen molar-refractivity contribution in [3.8, 4) is 0 Å². The molecule has 0 unspecified atom stereocenters. The number of carbonyl (C=O) groups excluding carboxylic acids is 2. The van der Waals surface area contributed by atoms with Crippen LogP contribution in [0.15, 0.2) is 42.5 Å². The summed E-state index contributed by atoms with van der Waals surface area (Å²) in [5.41, 5.74) is -1.41. The summed E-state index contributed by atoms with van der Waals surface area (Å²) in [4.78, 5) is 23.6. The predicted octanol–water partition coefficient (Wildman–Crippen LogP) is 3.07. The molecule has 0 heterocycles. The number of benzene rings is 2. The van der Waals surface area contributed by atoms with Crippen molar-refractivity contribution in [3.05, 3.63) is 70.8 Å². The van der Waals surface area contributed by atoms with E-state index in [-0.39, 0.29) is 25.1 Å². The Morgan fingerprint density at radius 2 is 1.63 bits per heavy atom. The van der Waals surface area contributed by atoms with E-state index in [0.29, 0.717) is 17.7 Å². The maximum absolute atomic E-state index is 13.2. The summed E-state index contributed by atoms with van der Waals surface area (Å²) in [6.07, 6.45) is -4.97. The quantitative estimate of drug-likeness (QED) is 0.592. The maximum atomic E-state index is 13.2. The van der Waals surface area contributed by atoms with Crippen LogP contribution in [-0.2, 0) is 17.4 Å². The fourth-order valence-corrected chi connectivity index (χ4v) is 2.26. The molecule has 4 nitrogen and oxygen atoms in total. The van der Waals surface area contributed by atoms with E-state index in [4.69, 9.17) is 0 Å². The predicted molar refractivity (Wildman–Crippen MR) is 86.8 cm³/mol. The van der Waals surface area contributed by atoms with Crippen LogP contribution in [-0.4, -0.2) is 24.9 Å². The zero-order valence-corrected chi connectivity index (χ0v) is 13.9. The molecular formula is C18H15F5N2O2. The Labute approximate surface area is 151 Å². The minimum Gasteiger partial charge on any atom is -0.354 e. The highest BCUT2D eigenvalue weighted by atomic mass is 19.4. The van der Waals surface area contributed by atoms with Gasteiger partial charge in [0, 0.05) is 18.7 Å². The van der Waals surface area contributed by atoms with E-state index < -0.39 is 35.2 Å². The van der Waals surface area contributed by atoms with Crippen LogP contribution in [0.3, 0.4) is 0 Å². The molecule has 9 heteroatoms. The summed E-state index contributed by atoms with van der Waals surface area (Å²) in [7, 11) is 0. The zero-order chi connectivity index (χ0) is 20.0. The number of nitrogens with one attached hydrogen (secondary N) is 2. The summed E-state index contributed by atoms with van der Waals surface area (Å²) in [5, 5.41) is 4.81. The first kappa shape index (κ1) is 20.3. The number of amides is 2. The smallest absolute Gasteiger partial charge is 0.354 e. The standard InChI is InChI=1S/C18H15F5N2O2/c19-13-3-1-2-11(8-13)9-16(26)24-6-7-25-17(27)12-4-5-15(20)14(10-12)18(21,22)23/h1-5,8,10H,6-7,9H2,(H,24,26)(H,25,27). The van der Waals surface area contributed by atoms with Crippen molar-refractivity contribution in [1.29, 1.82) is 0 Å². The van der Waals surface area contributed by atoms with Gasteiger partial charge in [-0.05, 0) is 35.9 Å². The lowest BCUT2D eigenvalue weighted by Crippen LogP contribution is -2.35. The van der Waals surface area contributed by atoms with Gasteiger partial charge in [-0.2, -0.15) is 13.2 Å². The molecule has 2 aromatic rings. The Hall–Kier alpha value is -2.97. The van der Waals surface area contributed by atoms with Gasteiger partial charge in [0.25, 0.3) is 5.91 Å². The number of hydrogen-bond acceptors (Lipinski definition) is 2. The van der Waals surface area contributed by atoms with Gasteiger partial charge in [0.05, 0.1) is 12.0 Å². The lowest BCUT2D eigenvalue weighted by molar-refractivity contribution is -0.140. The van der Waals surface area contributed by atoms with Crippen LogP contribution in [0.4, 0.5) is 22.0 Å². The molecule has 0 aliphatic heterocycles. The van der Waals surface area contributed by atoms with Gasteiger partial charge in [0.15, 0.2) is 0 Å². The highest BCUT2D eigenvalue weighted by Crippen LogP contribution is 2.31. The van der Waals surface area contributed by atoms with E-state index in [1.807, 2.05) is 0 Å². The minimum absolute atomic E-state index is 0.0210. The molecule has 0 bridgehead atoms. The topological polar surface area (TPSA) is 58.2 Å². The molecule has 0 atom stereocenters. The van der Waals surface area contributed by atoms with Crippen LogP contribution in [0, 0.1) is 11.6 Å². The van der Waals surface area contributed by atoms with Crippen LogP contribution >= 0.6 is 0 Å². The van der Waals surface area contributed by atoms with Gasteiger partial charge < -0.3 is 10.6 Å². The Kier molecular flexibility index (Phi) is 6.49. The van der Waals surface area contributed by atoms with Crippen molar-refractivity contribution in [2.75, 3.05) is 13.1 Å². The number of carbonyl (C=O) groups is 2. The van der Waals surface area contributed by atoms with E-state index in [2.05, 4.69) is 10.6 Å². The molecule has 0 spiro atoms. The van der Waals surface area contributed by atoms with E-state index in [9.17, 15) is 31.5 Å². The molecule has 0 aliphatic carbocycles. The normalized spacial score (nSPS) is 11.1. The lowest BCUT2D eigenvalue weighted by Gasteiger charge is -2.11. The van der Waals surface area contributed by atoms with Crippen molar-refractivity contribution in [3.63, 3.8) is 0 Å². The molecule has 27 heavy (non-hydrogen) atoms. The maximum Gasteiger partial charge on any atom is 0.419 e. The minimum atomic E-state index is -4.91. The fraction of sp³-hybridized carbons (Fsp3) is 0.222. The Morgan fingerprint density at radius 3 is 2.30 bits per heavy atom. The highest BCUT2D eigenvalue weighted by molar-refractivity contribution is 5.94. The van der Waals surface area contributed by atoms with Gasteiger partial charge >= 0.3 is 6.18 Å². The fourth-order valence-electron chi connectivity index (χ4n) is 2.26. The molecule has 0 saturated carbocycles. The van der Waals surface area contributed by atoms with Gasteiger partial charge in [-0.3, -0.25) is 9.59 Å². The number of hydrogen-bond donors (Lipinski definition) is 2. The third-order valence-electron chi connectivity index (χ3n) is 3.52. The Morgan fingerprint density at radius 1 is 0.926 bits per heavy atom. The van der Waals surface area contributed by atoms with Gasteiger partial charge in [-0.1, -0.05) is 12.1 Å². The third kappa shape index (κ3) is 6.05. The van der Waals surface area contributed by atoms with Crippen molar-refractivity contribution < 1.29 is 31.5 Å². The summed E-state index contributed by atoms with van der Waals surface area (Å²) >= 11 is 0. The molecule has 0 fully saturated rings. The van der Waals surface area contributed by atoms with E-state index in [1.54, 1.807) is 6.07 Å². The SMILES string of the molecule is O=C(Cc1cccc(F)c1)NCCNC(=O)c1ccc(F)c(C(F)(F)F)c1. The Bertz CT molecular complexity index is 837. The van der Waals surface area contributed by atoms with Crippen molar-refractivity contribution in [2.45, 2.75) is 12.6 Å². The molecule has 0 saturated heterocycles. The van der Waals surface area contributed by atoms with Crippen LogP contribution in [0.25, 0.3) is 0 Å². The van der Waals surface area contributed by atoms with Crippen molar-refractivity contribution in [2.24, 2.45) is 0 Å². The molecule has 2 N–H and O–H groups in total. The second kappa shape index (κ2) is 8.61. The van der Waals surface area contributed by atoms with Crippen LogP contribution in [0.1, 0.15) is 21.5 Å². The lowest BCUT2D eigenvalue weighted by atomic mass is 10.1. The zero-order valence-electron chi connectivity index (χ0n) is 13.9. The van der Waals surface area contributed by atoms with E-state index in [1.165, 1.54) is 18.2 Å². The van der Waals surface area contributed by atoms with E-state index >= 15 is 0 Å². The molecule has 2 rings (SSSR count).